The van der Waals surface area contributed by atoms with E-state index < -0.39 is 0 Å². The summed E-state index contributed by atoms with van der Waals surface area (Å²) >= 11 is 0. The molecule has 4 nitrogen and oxygen atoms in total. The van der Waals surface area contributed by atoms with E-state index in [1.807, 2.05) is 0 Å². The maximum atomic E-state index is 12.9. The van der Waals surface area contributed by atoms with Crippen molar-refractivity contribution in [2.75, 3.05) is 0 Å². The summed E-state index contributed by atoms with van der Waals surface area (Å²) in [7, 11) is 0. The van der Waals surface area contributed by atoms with Gasteiger partial charge in [-0.3, -0.25) is 9.59 Å². The van der Waals surface area contributed by atoms with E-state index in [9.17, 15) is 9.59 Å². The first-order valence-corrected chi connectivity index (χ1v) is 10.1. The molecule has 0 radical (unpaired) electrons. The standard InChI is InChI=1S/C20H24O4/c21-19-17-15-9(5-7-1-3-11(23-19)13(7)15)10-6-8-2-4-12-14(8)16(10)18(17)20(22)24-12/h7-18H,1-6H2/t7-,8-,9-,10-,11-,12-,13-,14+,15+,16+,17+,18+/m1/s1. The summed E-state index contributed by atoms with van der Waals surface area (Å²) in [6.45, 7) is 0. The van der Waals surface area contributed by atoms with E-state index in [-0.39, 0.29) is 36.0 Å². The molecule has 0 spiro atoms. The van der Waals surface area contributed by atoms with Crippen molar-refractivity contribution in [2.45, 2.75) is 50.7 Å². The molecule has 2 heterocycles. The summed E-state index contributed by atoms with van der Waals surface area (Å²) in [4.78, 5) is 25.8. The Bertz CT molecular complexity index is 602. The SMILES string of the molecule is O=C1O[C@@H]2CC[C@@H]3C[C@@H]4[C@H]5C[C@H]6CC[C@H]7OC(=O)[C@H]([C@@H]1[C@@H]4[C@@H]32)[C@@H]5[C@H]67. The average Bonchev–Trinajstić information content (AvgIpc) is 3.27. The molecule has 0 amide bonds. The zero-order chi connectivity index (χ0) is 15.7. The summed E-state index contributed by atoms with van der Waals surface area (Å²) in [6, 6.07) is 0. The zero-order valence-electron chi connectivity index (χ0n) is 13.8. The highest BCUT2D eigenvalue weighted by Crippen LogP contribution is 2.71. The van der Waals surface area contributed by atoms with Gasteiger partial charge in [-0.2, -0.15) is 0 Å². The third kappa shape index (κ3) is 1.27. The van der Waals surface area contributed by atoms with E-state index in [0.29, 0.717) is 35.5 Å². The second-order valence-electron chi connectivity index (χ2n) is 9.79. The number of carbonyl (C=O) groups is 2. The summed E-state index contributed by atoms with van der Waals surface area (Å²) in [5.74, 6) is 4.27. The highest BCUT2D eigenvalue weighted by atomic mass is 16.6. The van der Waals surface area contributed by atoms with Crippen molar-refractivity contribution in [1.29, 1.82) is 0 Å². The van der Waals surface area contributed by atoms with Gasteiger partial charge < -0.3 is 9.47 Å². The molecule has 0 unspecified atom stereocenters. The number of rotatable bonds is 0. The van der Waals surface area contributed by atoms with Crippen LogP contribution in [0.4, 0.5) is 0 Å². The van der Waals surface area contributed by atoms with E-state index in [4.69, 9.17) is 9.47 Å². The number of hydrogen-bond donors (Lipinski definition) is 0. The summed E-state index contributed by atoms with van der Waals surface area (Å²) in [6.07, 6.45) is 7.45. The molecule has 5 aliphatic carbocycles. The molecule has 0 aromatic carbocycles. The molecule has 4 heteroatoms. The van der Waals surface area contributed by atoms with Gasteiger partial charge in [0.1, 0.15) is 12.2 Å². The van der Waals surface area contributed by atoms with Crippen LogP contribution in [0, 0.1) is 59.2 Å². The van der Waals surface area contributed by atoms with Gasteiger partial charge in [-0.1, -0.05) is 0 Å². The minimum atomic E-state index is -0.187. The summed E-state index contributed by atoms with van der Waals surface area (Å²) in [5.41, 5.74) is 0. The number of fused-ring (bicyclic) bond motifs is 2. The fourth-order valence-electron chi connectivity index (χ4n) is 9.14. The highest BCUT2D eigenvalue weighted by Gasteiger charge is 2.72. The van der Waals surface area contributed by atoms with Crippen LogP contribution in [0.25, 0.3) is 0 Å². The van der Waals surface area contributed by atoms with Gasteiger partial charge in [-0.25, -0.2) is 0 Å². The van der Waals surface area contributed by atoms with Gasteiger partial charge in [0.25, 0.3) is 0 Å². The Morgan fingerprint density at radius 1 is 0.625 bits per heavy atom. The van der Waals surface area contributed by atoms with Crippen molar-refractivity contribution in [1.82, 2.24) is 0 Å². The first-order chi connectivity index (χ1) is 11.7. The molecule has 2 saturated heterocycles. The molecule has 5 saturated carbocycles. The summed E-state index contributed by atoms with van der Waals surface area (Å²) in [5, 5.41) is 0. The Labute approximate surface area is 141 Å². The quantitative estimate of drug-likeness (QED) is 0.641. The predicted octanol–water partition coefficient (Wildman–Crippen LogP) is 2.41. The number of carbonyl (C=O) groups excluding carboxylic acids is 2. The molecule has 7 rings (SSSR count). The Balaban J connectivity index is 1.40. The van der Waals surface area contributed by atoms with E-state index >= 15 is 0 Å². The molecule has 24 heavy (non-hydrogen) atoms. The van der Waals surface area contributed by atoms with Gasteiger partial charge in [0.05, 0.1) is 11.8 Å². The van der Waals surface area contributed by atoms with E-state index in [1.54, 1.807) is 0 Å². The molecule has 7 fully saturated rings. The first kappa shape index (κ1) is 13.2. The summed E-state index contributed by atoms with van der Waals surface area (Å²) < 4.78 is 11.8. The normalized spacial score (nSPS) is 64.5. The van der Waals surface area contributed by atoms with Crippen LogP contribution in [-0.4, -0.2) is 24.1 Å². The second-order valence-corrected chi connectivity index (χ2v) is 9.79. The van der Waals surface area contributed by atoms with Crippen molar-refractivity contribution in [3.8, 4) is 0 Å². The van der Waals surface area contributed by atoms with Crippen LogP contribution in [0.15, 0.2) is 0 Å². The molecule has 0 aromatic rings. The zero-order valence-corrected chi connectivity index (χ0v) is 13.8. The van der Waals surface area contributed by atoms with Gasteiger partial charge in [-0.05, 0) is 74.0 Å². The molecular formula is C20H24O4. The molecular weight excluding hydrogens is 304 g/mol. The smallest absolute Gasteiger partial charge is 0.310 e. The van der Waals surface area contributed by atoms with Crippen LogP contribution in [0.2, 0.25) is 0 Å². The molecule has 12 atom stereocenters. The fraction of sp³-hybridized carbons (Fsp3) is 0.900. The topological polar surface area (TPSA) is 52.6 Å². The van der Waals surface area contributed by atoms with Crippen molar-refractivity contribution in [3.05, 3.63) is 0 Å². The Morgan fingerprint density at radius 2 is 1.08 bits per heavy atom. The first-order valence-electron chi connectivity index (χ1n) is 10.1. The van der Waals surface area contributed by atoms with Crippen LogP contribution < -0.4 is 0 Å². The minimum Gasteiger partial charge on any atom is -0.462 e. The molecule has 2 aliphatic heterocycles. The van der Waals surface area contributed by atoms with Gasteiger partial charge in [0.15, 0.2) is 0 Å². The lowest BCUT2D eigenvalue weighted by atomic mass is 9.54. The van der Waals surface area contributed by atoms with E-state index in [1.165, 1.54) is 25.7 Å². The van der Waals surface area contributed by atoms with Gasteiger partial charge in [0, 0.05) is 11.8 Å². The number of hydrogen-bond acceptors (Lipinski definition) is 4. The van der Waals surface area contributed by atoms with Crippen molar-refractivity contribution >= 4 is 11.9 Å². The monoisotopic (exact) mass is 328 g/mol. The van der Waals surface area contributed by atoms with Gasteiger partial charge in [0.2, 0.25) is 0 Å². The largest absolute Gasteiger partial charge is 0.462 e. The molecule has 128 valence electrons. The average molecular weight is 328 g/mol. The van der Waals surface area contributed by atoms with Crippen LogP contribution in [0.1, 0.15) is 38.5 Å². The van der Waals surface area contributed by atoms with Crippen LogP contribution in [-0.2, 0) is 19.1 Å². The van der Waals surface area contributed by atoms with Crippen molar-refractivity contribution < 1.29 is 19.1 Å². The third-order valence-corrected chi connectivity index (χ3v) is 9.46. The highest BCUT2D eigenvalue weighted by molar-refractivity contribution is 5.84. The lowest BCUT2D eigenvalue weighted by molar-refractivity contribution is -0.206. The molecule has 7 aliphatic rings. The van der Waals surface area contributed by atoms with Crippen LogP contribution in [0.5, 0.6) is 0 Å². The Kier molecular flexibility index (Phi) is 2.21. The van der Waals surface area contributed by atoms with Crippen molar-refractivity contribution in [3.63, 3.8) is 0 Å². The lowest BCUT2D eigenvalue weighted by Gasteiger charge is -2.53. The minimum absolute atomic E-state index is 0.0610. The Morgan fingerprint density at radius 3 is 1.54 bits per heavy atom. The number of esters is 2. The van der Waals surface area contributed by atoms with E-state index in [0.717, 1.165) is 24.7 Å². The van der Waals surface area contributed by atoms with Crippen LogP contribution in [0.3, 0.4) is 0 Å². The second kappa shape index (κ2) is 4.02. The number of ether oxygens (including phenoxy) is 2. The Hall–Kier alpha value is -1.06. The fourth-order valence-corrected chi connectivity index (χ4v) is 9.14. The lowest BCUT2D eigenvalue weighted by Crippen LogP contribution is -2.59. The van der Waals surface area contributed by atoms with Gasteiger partial charge in [-0.15, -0.1) is 0 Å². The molecule has 0 aromatic heterocycles. The maximum absolute atomic E-state index is 12.9. The van der Waals surface area contributed by atoms with E-state index in [2.05, 4.69) is 0 Å². The molecule has 0 bridgehead atoms. The maximum Gasteiger partial charge on any atom is 0.310 e. The van der Waals surface area contributed by atoms with Gasteiger partial charge >= 0.3 is 11.9 Å². The third-order valence-electron chi connectivity index (χ3n) is 9.46. The molecule has 0 N–H and O–H groups in total. The van der Waals surface area contributed by atoms with Crippen molar-refractivity contribution in [2.24, 2.45) is 59.2 Å². The van der Waals surface area contributed by atoms with Crippen LogP contribution >= 0.6 is 0 Å². The predicted molar refractivity (Wildman–Crippen MR) is 82.4 cm³/mol.